The van der Waals surface area contributed by atoms with Gasteiger partial charge in [0.25, 0.3) is 0 Å². The van der Waals surface area contributed by atoms with Gasteiger partial charge >= 0.3 is 0 Å². The molecule has 0 saturated heterocycles. The highest BCUT2D eigenvalue weighted by molar-refractivity contribution is 5.74. The van der Waals surface area contributed by atoms with Crippen LogP contribution in [-0.4, -0.2) is 31.7 Å². The van der Waals surface area contributed by atoms with Crippen LogP contribution in [0, 0.1) is 0 Å². The Bertz CT molecular complexity index is 341. The lowest BCUT2D eigenvalue weighted by Crippen LogP contribution is -2.31. The Morgan fingerprint density at radius 1 is 1.39 bits per heavy atom. The molecule has 3 N–H and O–H groups in total. The molecule has 4 heteroatoms. The normalized spacial score (nSPS) is 12.3. The van der Waals surface area contributed by atoms with Crippen LogP contribution in [0.25, 0.3) is 0 Å². The Balaban J connectivity index is 2.04. The van der Waals surface area contributed by atoms with Gasteiger partial charge in [0, 0.05) is 12.6 Å². The predicted molar refractivity (Wildman–Crippen MR) is 72.2 cm³/mol. The van der Waals surface area contributed by atoms with Crippen LogP contribution >= 0.6 is 0 Å². The molecule has 1 unspecified atom stereocenters. The van der Waals surface area contributed by atoms with E-state index in [4.69, 9.17) is 10.5 Å². The fraction of sp³-hybridized carbons (Fsp3) is 0.500. The van der Waals surface area contributed by atoms with Crippen LogP contribution in [0.2, 0.25) is 0 Å². The van der Waals surface area contributed by atoms with Gasteiger partial charge in [0.15, 0.2) is 0 Å². The zero-order chi connectivity index (χ0) is 13.2. The zero-order valence-electron chi connectivity index (χ0n) is 10.9. The lowest BCUT2D eigenvalue weighted by molar-refractivity contribution is -0.122. The molecule has 0 spiro atoms. The summed E-state index contributed by atoms with van der Waals surface area (Å²) in [4.78, 5) is 10.4. The minimum atomic E-state index is -0.424. The summed E-state index contributed by atoms with van der Waals surface area (Å²) in [6.45, 7) is 3.40. The highest BCUT2D eigenvalue weighted by Crippen LogP contribution is 2.04. The summed E-state index contributed by atoms with van der Waals surface area (Å²) in [5.41, 5.74) is 6.32. The predicted octanol–water partition coefficient (Wildman–Crippen LogP) is 1.10. The van der Waals surface area contributed by atoms with E-state index in [1.54, 1.807) is 0 Å². The number of aryl methyl sites for hydroxylation is 1. The van der Waals surface area contributed by atoms with Crippen LogP contribution in [0.5, 0.6) is 0 Å². The number of benzene rings is 1. The quantitative estimate of drug-likeness (QED) is 0.645. The molecule has 100 valence electrons. The number of hydrogen-bond acceptors (Lipinski definition) is 3. The molecule has 1 aromatic carbocycles. The maximum absolute atomic E-state index is 10.4. The summed E-state index contributed by atoms with van der Waals surface area (Å²) >= 11 is 0. The van der Waals surface area contributed by atoms with E-state index in [2.05, 4.69) is 36.5 Å². The van der Waals surface area contributed by atoms with Gasteiger partial charge in [-0.25, -0.2) is 0 Å². The SMILES string of the molecule is CC(CCc1ccccc1)NCCOCC(N)=O. The molecule has 1 amide bonds. The van der Waals surface area contributed by atoms with Crippen molar-refractivity contribution in [3.63, 3.8) is 0 Å². The van der Waals surface area contributed by atoms with E-state index in [9.17, 15) is 4.79 Å². The molecule has 0 aliphatic heterocycles. The molecule has 0 bridgehead atoms. The van der Waals surface area contributed by atoms with Gasteiger partial charge in [-0.1, -0.05) is 30.3 Å². The molecule has 18 heavy (non-hydrogen) atoms. The standard InChI is InChI=1S/C14H22N2O2/c1-12(16-9-10-18-11-14(15)17)7-8-13-5-3-2-4-6-13/h2-6,12,16H,7-11H2,1H3,(H2,15,17). The van der Waals surface area contributed by atoms with E-state index < -0.39 is 5.91 Å². The van der Waals surface area contributed by atoms with Crippen molar-refractivity contribution in [2.75, 3.05) is 19.8 Å². The van der Waals surface area contributed by atoms with E-state index in [0.717, 1.165) is 19.4 Å². The average molecular weight is 250 g/mol. The van der Waals surface area contributed by atoms with Crippen LogP contribution < -0.4 is 11.1 Å². The van der Waals surface area contributed by atoms with E-state index in [1.807, 2.05) is 6.07 Å². The highest BCUT2D eigenvalue weighted by Gasteiger charge is 2.01. The van der Waals surface area contributed by atoms with Crippen LogP contribution in [0.15, 0.2) is 30.3 Å². The Hall–Kier alpha value is -1.39. The van der Waals surface area contributed by atoms with Crippen molar-refractivity contribution in [1.82, 2.24) is 5.32 Å². The molecule has 4 nitrogen and oxygen atoms in total. The summed E-state index contributed by atoms with van der Waals surface area (Å²) in [6, 6.07) is 10.9. The number of nitrogens with one attached hydrogen (secondary N) is 1. The van der Waals surface area contributed by atoms with Crippen LogP contribution in [0.3, 0.4) is 0 Å². The summed E-state index contributed by atoms with van der Waals surface area (Å²) in [5.74, 6) is -0.424. The Morgan fingerprint density at radius 3 is 2.78 bits per heavy atom. The molecule has 0 aromatic heterocycles. The number of nitrogens with two attached hydrogens (primary N) is 1. The summed E-state index contributed by atoms with van der Waals surface area (Å²) in [6.07, 6.45) is 2.15. The third kappa shape index (κ3) is 7.04. The van der Waals surface area contributed by atoms with E-state index in [-0.39, 0.29) is 6.61 Å². The van der Waals surface area contributed by atoms with Crippen molar-refractivity contribution in [1.29, 1.82) is 0 Å². The van der Waals surface area contributed by atoms with Gasteiger partial charge in [-0.05, 0) is 25.3 Å². The van der Waals surface area contributed by atoms with Gasteiger partial charge in [-0.3, -0.25) is 4.79 Å². The molecule has 0 saturated carbocycles. The molecule has 0 fully saturated rings. The minimum Gasteiger partial charge on any atom is -0.370 e. The molecular weight excluding hydrogens is 228 g/mol. The topological polar surface area (TPSA) is 64.3 Å². The van der Waals surface area contributed by atoms with Gasteiger partial charge < -0.3 is 15.8 Å². The van der Waals surface area contributed by atoms with Crippen molar-refractivity contribution in [2.45, 2.75) is 25.8 Å². The Labute approximate surface area is 109 Å². The second-order valence-electron chi connectivity index (χ2n) is 4.40. The number of carbonyl (C=O) groups excluding carboxylic acids is 1. The number of rotatable bonds is 9. The first-order valence-corrected chi connectivity index (χ1v) is 6.32. The molecule has 1 aromatic rings. The fourth-order valence-electron chi connectivity index (χ4n) is 1.68. The maximum Gasteiger partial charge on any atom is 0.243 e. The average Bonchev–Trinajstić information content (AvgIpc) is 2.37. The molecule has 0 aliphatic rings. The lowest BCUT2D eigenvalue weighted by Gasteiger charge is -2.13. The van der Waals surface area contributed by atoms with Gasteiger partial charge in [0.1, 0.15) is 6.61 Å². The largest absolute Gasteiger partial charge is 0.370 e. The van der Waals surface area contributed by atoms with E-state index in [0.29, 0.717) is 12.6 Å². The van der Waals surface area contributed by atoms with Crippen LogP contribution in [-0.2, 0) is 16.0 Å². The molecule has 1 rings (SSSR count). The van der Waals surface area contributed by atoms with Crippen molar-refractivity contribution in [3.8, 4) is 0 Å². The van der Waals surface area contributed by atoms with Gasteiger partial charge in [-0.2, -0.15) is 0 Å². The molecular formula is C14H22N2O2. The van der Waals surface area contributed by atoms with Gasteiger partial charge in [0.2, 0.25) is 5.91 Å². The smallest absolute Gasteiger partial charge is 0.243 e. The van der Waals surface area contributed by atoms with Crippen molar-refractivity contribution < 1.29 is 9.53 Å². The van der Waals surface area contributed by atoms with E-state index >= 15 is 0 Å². The number of primary amides is 1. The lowest BCUT2D eigenvalue weighted by atomic mass is 10.1. The molecule has 0 heterocycles. The van der Waals surface area contributed by atoms with Crippen molar-refractivity contribution >= 4 is 5.91 Å². The first-order valence-electron chi connectivity index (χ1n) is 6.32. The number of carbonyl (C=O) groups is 1. The maximum atomic E-state index is 10.4. The summed E-state index contributed by atoms with van der Waals surface area (Å²) < 4.78 is 5.07. The summed E-state index contributed by atoms with van der Waals surface area (Å²) in [7, 11) is 0. The Morgan fingerprint density at radius 2 is 2.11 bits per heavy atom. The first kappa shape index (κ1) is 14.7. The fourth-order valence-corrected chi connectivity index (χ4v) is 1.68. The zero-order valence-corrected chi connectivity index (χ0v) is 10.9. The first-order chi connectivity index (χ1) is 8.68. The minimum absolute atomic E-state index is 0.0000757. The second-order valence-corrected chi connectivity index (χ2v) is 4.40. The molecule has 0 radical (unpaired) electrons. The van der Waals surface area contributed by atoms with Gasteiger partial charge in [0.05, 0.1) is 6.61 Å². The Kier molecular flexibility index (Phi) is 7.06. The highest BCUT2D eigenvalue weighted by atomic mass is 16.5. The molecule has 1 atom stereocenters. The third-order valence-electron chi connectivity index (χ3n) is 2.69. The number of amides is 1. The van der Waals surface area contributed by atoms with Crippen molar-refractivity contribution in [2.24, 2.45) is 5.73 Å². The second kappa shape index (κ2) is 8.66. The monoisotopic (exact) mass is 250 g/mol. The van der Waals surface area contributed by atoms with Crippen molar-refractivity contribution in [3.05, 3.63) is 35.9 Å². The summed E-state index contributed by atoms with van der Waals surface area (Å²) in [5, 5.41) is 3.35. The van der Waals surface area contributed by atoms with E-state index in [1.165, 1.54) is 5.56 Å². The molecule has 0 aliphatic carbocycles. The number of hydrogen-bond donors (Lipinski definition) is 2. The third-order valence-corrected chi connectivity index (χ3v) is 2.69. The van der Waals surface area contributed by atoms with Crippen LogP contribution in [0.1, 0.15) is 18.9 Å². The van der Waals surface area contributed by atoms with Crippen LogP contribution in [0.4, 0.5) is 0 Å². The van der Waals surface area contributed by atoms with Gasteiger partial charge in [-0.15, -0.1) is 0 Å². The number of ether oxygens (including phenoxy) is 1.